The molecule has 110 valence electrons. The van der Waals surface area contributed by atoms with E-state index in [9.17, 15) is 27.1 Å². The number of carbonyl (C=O) groups excluding carboxylic acids is 1. The van der Waals surface area contributed by atoms with Crippen molar-refractivity contribution in [3.8, 4) is 0 Å². The summed E-state index contributed by atoms with van der Waals surface area (Å²) in [5, 5.41) is 10.7. The number of hydrogen-bond donors (Lipinski definition) is 0. The molecule has 0 N–H and O–H groups in total. The Balaban J connectivity index is 2.24. The van der Waals surface area contributed by atoms with Crippen LogP contribution < -0.4 is 5.11 Å². The van der Waals surface area contributed by atoms with E-state index < -0.39 is 38.4 Å². The van der Waals surface area contributed by atoms with Crippen LogP contribution in [-0.4, -0.2) is 31.8 Å². The van der Waals surface area contributed by atoms with Gasteiger partial charge in [-0.3, -0.25) is 0 Å². The number of piperidine rings is 1. The van der Waals surface area contributed by atoms with Crippen molar-refractivity contribution in [1.29, 1.82) is 0 Å². The summed E-state index contributed by atoms with van der Waals surface area (Å²) in [4.78, 5) is 9.96. The number of nitrogens with zero attached hydrogens (tertiary/aromatic N) is 1. The monoisotopic (exact) mass is 304 g/mol. The standard InChI is InChI=1S/C12H13F2NO4S/c13-9-1-2-10(14)11(7-9)20(18,19)15-5-3-8(4-6-15)12(16)17/h1-2,7-8H,3-6H2,(H,16,17)/p-1. The highest BCUT2D eigenvalue weighted by molar-refractivity contribution is 7.89. The van der Waals surface area contributed by atoms with E-state index in [1.165, 1.54) is 0 Å². The van der Waals surface area contributed by atoms with Crippen LogP contribution in [0.15, 0.2) is 23.1 Å². The molecule has 0 aromatic heterocycles. The molecule has 1 aliphatic rings. The van der Waals surface area contributed by atoms with E-state index in [0.717, 1.165) is 16.4 Å². The summed E-state index contributed by atoms with van der Waals surface area (Å²) in [5.74, 6) is -3.82. The van der Waals surface area contributed by atoms with E-state index in [-0.39, 0.29) is 25.9 Å². The van der Waals surface area contributed by atoms with Gasteiger partial charge in [-0.25, -0.2) is 17.2 Å². The summed E-state index contributed by atoms with van der Waals surface area (Å²) in [6.07, 6.45) is 0.191. The third kappa shape index (κ3) is 2.80. The molecule has 1 fully saturated rings. The van der Waals surface area contributed by atoms with Crippen LogP contribution in [0.5, 0.6) is 0 Å². The van der Waals surface area contributed by atoms with Crippen molar-refractivity contribution in [1.82, 2.24) is 4.31 Å². The van der Waals surface area contributed by atoms with Crippen LogP contribution in [0.3, 0.4) is 0 Å². The Kier molecular flexibility index (Phi) is 4.05. The van der Waals surface area contributed by atoms with E-state index in [2.05, 4.69) is 0 Å². The molecule has 8 heteroatoms. The van der Waals surface area contributed by atoms with Gasteiger partial charge in [0.2, 0.25) is 10.0 Å². The van der Waals surface area contributed by atoms with Gasteiger partial charge in [0.15, 0.2) is 0 Å². The van der Waals surface area contributed by atoms with Gasteiger partial charge >= 0.3 is 0 Å². The molecule has 0 saturated carbocycles. The summed E-state index contributed by atoms with van der Waals surface area (Å²) >= 11 is 0. The molecule has 0 amide bonds. The van der Waals surface area contributed by atoms with Gasteiger partial charge < -0.3 is 9.90 Å². The molecule has 1 aromatic rings. The van der Waals surface area contributed by atoms with E-state index >= 15 is 0 Å². The number of carbonyl (C=O) groups is 1. The molecular weight excluding hydrogens is 292 g/mol. The second kappa shape index (κ2) is 5.45. The maximum absolute atomic E-state index is 13.5. The summed E-state index contributed by atoms with van der Waals surface area (Å²) in [6, 6.07) is 2.20. The number of sulfonamides is 1. The molecule has 5 nitrogen and oxygen atoms in total. The zero-order chi connectivity index (χ0) is 14.9. The zero-order valence-electron chi connectivity index (χ0n) is 10.4. The van der Waals surface area contributed by atoms with E-state index in [1.54, 1.807) is 0 Å². The first-order chi connectivity index (χ1) is 9.32. The van der Waals surface area contributed by atoms with E-state index in [1.807, 2.05) is 0 Å². The van der Waals surface area contributed by atoms with Gasteiger partial charge in [0.25, 0.3) is 0 Å². The highest BCUT2D eigenvalue weighted by Crippen LogP contribution is 2.25. The Morgan fingerprint density at radius 2 is 1.85 bits per heavy atom. The van der Waals surface area contributed by atoms with Crippen LogP contribution in [0.25, 0.3) is 0 Å². The van der Waals surface area contributed by atoms with Crippen molar-refractivity contribution in [3.05, 3.63) is 29.8 Å². The summed E-state index contributed by atoms with van der Waals surface area (Å²) in [5.41, 5.74) is 0. The molecular formula is C12H12F2NO4S-. The third-order valence-corrected chi connectivity index (χ3v) is 5.21. The second-order valence-corrected chi connectivity index (χ2v) is 6.48. The summed E-state index contributed by atoms with van der Waals surface area (Å²) in [7, 11) is -4.16. The van der Waals surface area contributed by atoms with Crippen LogP contribution in [-0.2, 0) is 14.8 Å². The molecule has 1 saturated heterocycles. The first-order valence-electron chi connectivity index (χ1n) is 5.98. The van der Waals surface area contributed by atoms with Crippen molar-refractivity contribution in [2.45, 2.75) is 17.7 Å². The maximum Gasteiger partial charge on any atom is 0.246 e. The van der Waals surface area contributed by atoms with Crippen LogP contribution in [0.2, 0.25) is 0 Å². The minimum absolute atomic E-state index is 0.0586. The number of aliphatic carboxylic acids is 1. The number of benzene rings is 1. The average molecular weight is 304 g/mol. The van der Waals surface area contributed by atoms with Gasteiger partial charge in [0, 0.05) is 25.0 Å². The fourth-order valence-corrected chi connectivity index (χ4v) is 3.69. The smallest absolute Gasteiger partial charge is 0.246 e. The molecule has 0 aliphatic carbocycles. The highest BCUT2D eigenvalue weighted by Gasteiger charge is 2.31. The molecule has 0 unspecified atom stereocenters. The van der Waals surface area contributed by atoms with Gasteiger partial charge in [0.1, 0.15) is 16.5 Å². The molecule has 0 atom stereocenters. The normalized spacial score (nSPS) is 18.1. The van der Waals surface area contributed by atoms with Crippen LogP contribution >= 0.6 is 0 Å². The van der Waals surface area contributed by atoms with Gasteiger partial charge in [-0.2, -0.15) is 4.31 Å². The largest absolute Gasteiger partial charge is 0.550 e. The first kappa shape index (κ1) is 14.9. The van der Waals surface area contributed by atoms with Crippen molar-refractivity contribution < 1.29 is 27.1 Å². The topological polar surface area (TPSA) is 77.5 Å². The molecule has 1 aromatic carbocycles. The molecule has 2 rings (SSSR count). The Labute approximate surface area is 114 Å². The first-order valence-corrected chi connectivity index (χ1v) is 7.42. The lowest BCUT2D eigenvalue weighted by molar-refractivity contribution is -0.312. The molecule has 0 spiro atoms. The minimum Gasteiger partial charge on any atom is -0.550 e. The molecule has 1 heterocycles. The fourth-order valence-electron chi connectivity index (χ4n) is 2.15. The van der Waals surface area contributed by atoms with E-state index in [4.69, 9.17) is 0 Å². The minimum atomic E-state index is -4.16. The zero-order valence-corrected chi connectivity index (χ0v) is 11.2. The number of rotatable bonds is 3. The lowest BCUT2D eigenvalue weighted by Crippen LogP contribution is -2.43. The van der Waals surface area contributed by atoms with Gasteiger partial charge in [-0.05, 0) is 31.0 Å². The van der Waals surface area contributed by atoms with Crippen molar-refractivity contribution in [3.63, 3.8) is 0 Å². The van der Waals surface area contributed by atoms with Crippen molar-refractivity contribution in [2.24, 2.45) is 5.92 Å². The quantitative estimate of drug-likeness (QED) is 0.794. The molecule has 0 bridgehead atoms. The summed E-state index contributed by atoms with van der Waals surface area (Å²) in [6.45, 7) is -0.117. The lowest BCUT2D eigenvalue weighted by atomic mass is 9.99. The SMILES string of the molecule is O=C([O-])C1CCN(S(=O)(=O)c2cc(F)ccc2F)CC1. The predicted molar refractivity (Wildman–Crippen MR) is 62.8 cm³/mol. The third-order valence-electron chi connectivity index (χ3n) is 3.30. The van der Waals surface area contributed by atoms with Crippen LogP contribution in [0.4, 0.5) is 8.78 Å². The van der Waals surface area contributed by atoms with Crippen LogP contribution in [0.1, 0.15) is 12.8 Å². The fraction of sp³-hybridized carbons (Fsp3) is 0.417. The van der Waals surface area contributed by atoms with Gasteiger partial charge in [0.05, 0.1) is 0 Å². The second-order valence-electron chi connectivity index (χ2n) is 4.57. The van der Waals surface area contributed by atoms with Crippen LogP contribution in [0, 0.1) is 17.6 Å². The predicted octanol–water partition coefficient (Wildman–Crippen LogP) is 0.115. The Morgan fingerprint density at radius 1 is 1.25 bits per heavy atom. The number of halogens is 2. The molecule has 20 heavy (non-hydrogen) atoms. The lowest BCUT2D eigenvalue weighted by Gasteiger charge is -2.31. The van der Waals surface area contributed by atoms with Gasteiger partial charge in [-0.1, -0.05) is 0 Å². The number of carboxylic acid groups (broad SMARTS) is 1. The average Bonchev–Trinajstić information content (AvgIpc) is 2.41. The number of hydrogen-bond acceptors (Lipinski definition) is 4. The maximum atomic E-state index is 13.5. The molecule has 1 aliphatic heterocycles. The molecule has 0 radical (unpaired) electrons. The highest BCUT2D eigenvalue weighted by atomic mass is 32.2. The summed E-state index contributed by atoms with van der Waals surface area (Å²) < 4.78 is 52.0. The van der Waals surface area contributed by atoms with E-state index in [0.29, 0.717) is 6.07 Å². The number of carboxylic acids is 1. The Morgan fingerprint density at radius 3 is 2.40 bits per heavy atom. The van der Waals surface area contributed by atoms with Gasteiger partial charge in [-0.15, -0.1) is 0 Å². The van der Waals surface area contributed by atoms with Crippen molar-refractivity contribution >= 4 is 16.0 Å². The Bertz CT molecular complexity index is 624. The Hall–Kier alpha value is -1.54. The van der Waals surface area contributed by atoms with Crippen molar-refractivity contribution in [2.75, 3.05) is 13.1 Å².